The van der Waals surface area contributed by atoms with Gasteiger partial charge in [-0.05, 0) is 24.6 Å². The van der Waals surface area contributed by atoms with E-state index in [1.54, 1.807) is 0 Å². The lowest BCUT2D eigenvalue weighted by Gasteiger charge is -2.25. The molecule has 0 saturated carbocycles. The van der Waals surface area contributed by atoms with Crippen LogP contribution in [-0.4, -0.2) is 18.0 Å². The number of fused-ring (bicyclic) bond motifs is 1. The molecule has 0 spiro atoms. The first kappa shape index (κ1) is 8.88. The second-order valence-electron chi connectivity index (χ2n) is 3.16. The van der Waals surface area contributed by atoms with Crippen LogP contribution in [0.1, 0.15) is 5.56 Å². The molecule has 1 atom stereocenters. The maximum atomic E-state index is 5.69. The van der Waals surface area contributed by atoms with E-state index in [4.69, 9.17) is 9.47 Å². The van der Waals surface area contributed by atoms with Crippen molar-refractivity contribution < 1.29 is 9.47 Å². The molecule has 2 nitrogen and oxygen atoms in total. The lowest BCUT2D eigenvalue weighted by Crippen LogP contribution is -2.30. The molecule has 1 aromatic carbocycles. The van der Waals surface area contributed by atoms with Crippen LogP contribution in [0.5, 0.6) is 11.5 Å². The third kappa shape index (κ3) is 1.80. The topological polar surface area (TPSA) is 18.5 Å². The van der Waals surface area contributed by atoms with Crippen molar-refractivity contribution in [2.75, 3.05) is 11.9 Å². The Balaban J connectivity index is 2.27. The molecule has 2 rings (SSSR count). The minimum absolute atomic E-state index is 0.134. The fourth-order valence-electron chi connectivity index (χ4n) is 1.30. The molecule has 0 unspecified atom stereocenters. The van der Waals surface area contributed by atoms with E-state index in [1.807, 2.05) is 25.1 Å². The predicted molar refractivity (Wildman–Crippen MR) is 54.9 cm³/mol. The molecular weight excluding hydrogens is 232 g/mol. The Kier molecular flexibility index (Phi) is 2.44. The van der Waals surface area contributed by atoms with Crippen LogP contribution in [0.4, 0.5) is 0 Å². The fourth-order valence-corrected chi connectivity index (χ4v) is 1.62. The molecule has 0 amide bonds. The summed E-state index contributed by atoms with van der Waals surface area (Å²) in [6.45, 7) is 2.67. The van der Waals surface area contributed by atoms with Gasteiger partial charge in [0, 0.05) is 5.33 Å². The van der Waals surface area contributed by atoms with E-state index in [0.29, 0.717) is 6.61 Å². The first-order valence-corrected chi connectivity index (χ1v) is 5.38. The van der Waals surface area contributed by atoms with Crippen molar-refractivity contribution >= 4 is 15.9 Å². The predicted octanol–water partition coefficient (Wildman–Crippen LogP) is 2.53. The van der Waals surface area contributed by atoms with Gasteiger partial charge in [0.2, 0.25) is 0 Å². The van der Waals surface area contributed by atoms with Gasteiger partial charge in [-0.3, -0.25) is 0 Å². The summed E-state index contributed by atoms with van der Waals surface area (Å²) >= 11 is 3.38. The Hall–Kier alpha value is -0.700. The molecule has 0 aromatic heterocycles. The van der Waals surface area contributed by atoms with Gasteiger partial charge in [-0.2, -0.15) is 0 Å². The molecular formula is C10H11BrO2. The average Bonchev–Trinajstić information content (AvgIpc) is 2.16. The highest BCUT2D eigenvalue weighted by atomic mass is 79.9. The van der Waals surface area contributed by atoms with Gasteiger partial charge in [-0.25, -0.2) is 0 Å². The number of halogens is 1. The van der Waals surface area contributed by atoms with Gasteiger partial charge >= 0.3 is 0 Å². The molecule has 1 heterocycles. The maximum absolute atomic E-state index is 5.69. The van der Waals surface area contributed by atoms with Crippen LogP contribution in [0, 0.1) is 6.92 Å². The van der Waals surface area contributed by atoms with Crippen LogP contribution in [0.3, 0.4) is 0 Å². The zero-order valence-electron chi connectivity index (χ0n) is 7.42. The first-order valence-electron chi connectivity index (χ1n) is 4.25. The Bertz CT molecular complexity index is 312. The Labute approximate surface area is 86.0 Å². The summed E-state index contributed by atoms with van der Waals surface area (Å²) in [7, 11) is 0. The molecule has 70 valence electrons. The van der Waals surface area contributed by atoms with Crippen LogP contribution >= 0.6 is 15.9 Å². The zero-order valence-corrected chi connectivity index (χ0v) is 9.00. The zero-order chi connectivity index (χ0) is 9.26. The second kappa shape index (κ2) is 3.58. The molecule has 1 aromatic rings. The van der Waals surface area contributed by atoms with Gasteiger partial charge in [-0.15, -0.1) is 0 Å². The summed E-state index contributed by atoms with van der Waals surface area (Å²) in [5.41, 5.74) is 1.19. The smallest absolute Gasteiger partial charge is 0.162 e. The van der Waals surface area contributed by atoms with E-state index >= 15 is 0 Å². The standard InChI is InChI=1S/C10H11BrO2/c1-7-2-3-9-10(4-7)13-8(5-11)6-12-9/h2-4,8H,5-6H2,1H3/t8-/m0/s1. The maximum Gasteiger partial charge on any atom is 0.162 e. The molecule has 13 heavy (non-hydrogen) atoms. The van der Waals surface area contributed by atoms with Crippen LogP contribution in [-0.2, 0) is 0 Å². The van der Waals surface area contributed by atoms with Gasteiger partial charge < -0.3 is 9.47 Å². The molecule has 0 radical (unpaired) electrons. The van der Waals surface area contributed by atoms with E-state index in [-0.39, 0.29) is 6.10 Å². The fraction of sp³-hybridized carbons (Fsp3) is 0.400. The van der Waals surface area contributed by atoms with E-state index in [2.05, 4.69) is 15.9 Å². The van der Waals surface area contributed by atoms with Crippen LogP contribution < -0.4 is 9.47 Å². The minimum Gasteiger partial charge on any atom is -0.486 e. The number of alkyl halides is 1. The highest BCUT2D eigenvalue weighted by Crippen LogP contribution is 2.32. The van der Waals surface area contributed by atoms with Crippen molar-refractivity contribution in [1.82, 2.24) is 0 Å². The van der Waals surface area contributed by atoms with Crippen molar-refractivity contribution in [2.45, 2.75) is 13.0 Å². The summed E-state index contributed by atoms with van der Waals surface area (Å²) in [5.74, 6) is 1.71. The van der Waals surface area contributed by atoms with Gasteiger partial charge in [0.1, 0.15) is 12.7 Å². The summed E-state index contributed by atoms with van der Waals surface area (Å²) < 4.78 is 11.2. The highest BCUT2D eigenvalue weighted by molar-refractivity contribution is 9.09. The van der Waals surface area contributed by atoms with Gasteiger partial charge in [0.25, 0.3) is 0 Å². The second-order valence-corrected chi connectivity index (χ2v) is 3.80. The number of hydrogen-bond donors (Lipinski definition) is 0. The molecule has 0 N–H and O–H groups in total. The number of rotatable bonds is 1. The molecule has 1 aliphatic rings. The van der Waals surface area contributed by atoms with E-state index in [1.165, 1.54) is 5.56 Å². The van der Waals surface area contributed by atoms with Crippen molar-refractivity contribution in [3.8, 4) is 11.5 Å². The SMILES string of the molecule is Cc1ccc2c(c1)O[C@@H](CBr)CO2. The molecule has 3 heteroatoms. The van der Waals surface area contributed by atoms with Crippen molar-refractivity contribution in [3.05, 3.63) is 23.8 Å². The normalized spacial score (nSPS) is 20.0. The Morgan fingerprint density at radius 1 is 1.46 bits per heavy atom. The lowest BCUT2D eigenvalue weighted by molar-refractivity contribution is 0.108. The summed E-state index contributed by atoms with van der Waals surface area (Å²) in [5, 5.41) is 0.806. The van der Waals surface area contributed by atoms with Gasteiger partial charge in [0.05, 0.1) is 0 Å². The Morgan fingerprint density at radius 2 is 2.31 bits per heavy atom. The van der Waals surface area contributed by atoms with Gasteiger partial charge in [0.15, 0.2) is 11.5 Å². The van der Waals surface area contributed by atoms with E-state index < -0.39 is 0 Å². The van der Waals surface area contributed by atoms with Crippen molar-refractivity contribution in [2.24, 2.45) is 0 Å². The van der Waals surface area contributed by atoms with E-state index in [9.17, 15) is 0 Å². The monoisotopic (exact) mass is 242 g/mol. The molecule has 0 saturated heterocycles. The third-order valence-corrected chi connectivity index (χ3v) is 2.71. The quantitative estimate of drug-likeness (QED) is 0.705. The lowest BCUT2D eigenvalue weighted by atomic mass is 10.2. The minimum atomic E-state index is 0.134. The highest BCUT2D eigenvalue weighted by Gasteiger charge is 2.19. The number of benzene rings is 1. The molecule has 0 aliphatic carbocycles. The number of ether oxygens (including phenoxy) is 2. The largest absolute Gasteiger partial charge is 0.486 e. The molecule has 0 fully saturated rings. The number of aryl methyl sites for hydroxylation is 1. The number of hydrogen-bond acceptors (Lipinski definition) is 2. The van der Waals surface area contributed by atoms with Crippen LogP contribution in [0.15, 0.2) is 18.2 Å². The third-order valence-electron chi connectivity index (χ3n) is 1.99. The van der Waals surface area contributed by atoms with Crippen molar-refractivity contribution in [3.63, 3.8) is 0 Å². The van der Waals surface area contributed by atoms with Crippen molar-refractivity contribution in [1.29, 1.82) is 0 Å². The summed E-state index contributed by atoms with van der Waals surface area (Å²) in [6.07, 6.45) is 0.134. The van der Waals surface area contributed by atoms with Crippen LogP contribution in [0.25, 0.3) is 0 Å². The van der Waals surface area contributed by atoms with Crippen LogP contribution in [0.2, 0.25) is 0 Å². The molecule has 1 aliphatic heterocycles. The Morgan fingerprint density at radius 3 is 3.08 bits per heavy atom. The summed E-state index contributed by atoms with van der Waals surface area (Å²) in [6, 6.07) is 5.98. The average molecular weight is 243 g/mol. The first-order chi connectivity index (χ1) is 6.29. The molecule has 0 bridgehead atoms. The van der Waals surface area contributed by atoms with E-state index in [0.717, 1.165) is 16.8 Å². The van der Waals surface area contributed by atoms with Gasteiger partial charge in [-0.1, -0.05) is 22.0 Å². The summed E-state index contributed by atoms with van der Waals surface area (Å²) in [4.78, 5) is 0.